The first-order valence-electron chi connectivity index (χ1n) is 7.77. The summed E-state index contributed by atoms with van der Waals surface area (Å²) < 4.78 is 50.4. The Morgan fingerprint density at radius 1 is 1.52 bits per heavy atom. The molecule has 12 heteroatoms. The van der Waals surface area contributed by atoms with E-state index in [1.807, 2.05) is 0 Å². The Hall–Kier alpha value is -1.72. The highest BCUT2D eigenvalue weighted by molar-refractivity contribution is 7.85. The topological polar surface area (TPSA) is 65.1 Å². The number of thiocarbonyl (C=S) groups is 1. The lowest BCUT2D eigenvalue weighted by molar-refractivity contribution is -0.605. The van der Waals surface area contributed by atoms with Gasteiger partial charge in [-0.2, -0.15) is 23.0 Å². The van der Waals surface area contributed by atoms with Crippen LogP contribution in [0, 0.1) is 5.21 Å². The van der Waals surface area contributed by atoms with Crippen LogP contribution in [0.15, 0.2) is 30.7 Å². The third-order valence-corrected chi connectivity index (χ3v) is 5.45. The Kier molecular flexibility index (Phi) is 7.18. The maximum atomic E-state index is 12.3. The molecule has 0 radical (unpaired) electrons. The van der Waals surface area contributed by atoms with Crippen molar-refractivity contribution in [2.45, 2.75) is 19.5 Å². The van der Waals surface area contributed by atoms with Crippen LogP contribution in [-0.2, 0) is 10.8 Å². The second kappa shape index (κ2) is 8.98. The lowest BCUT2D eigenvalue weighted by Gasteiger charge is -2.22. The zero-order valence-electron chi connectivity index (χ0n) is 14.1. The fourth-order valence-corrected chi connectivity index (χ4v) is 3.93. The molecule has 27 heavy (non-hydrogen) atoms. The number of anilines is 1. The van der Waals surface area contributed by atoms with Gasteiger partial charge in [0.25, 0.3) is 0 Å². The quantitative estimate of drug-likeness (QED) is 0.376. The summed E-state index contributed by atoms with van der Waals surface area (Å²) in [6, 6.07) is 3.21. The number of alkyl halides is 3. The summed E-state index contributed by atoms with van der Waals surface area (Å²) in [5.41, 5.74) is 0.931. The largest absolute Gasteiger partial charge is 0.619 e. The van der Waals surface area contributed by atoms with Crippen LogP contribution in [0.5, 0.6) is 0 Å². The van der Waals surface area contributed by atoms with E-state index < -0.39 is 22.7 Å². The van der Waals surface area contributed by atoms with Crippen molar-refractivity contribution in [3.05, 3.63) is 41.1 Å². The molecule has 2 heterocycles. The summed E-state index contributed by atoms with van der Waals surface area (Å²) in [6.07, 6.45) is -0.235. The van der Waals surface area contributed by atoms with Crippen LogP contribution in [0.4, 0.5) is 18.9 Å². The lowest BCUT2D eigenvalue weighted by atomic mass is 10.3. The summed E-state index contributed by atoms with van der Waals surface area (Å²) in [4.78, 5) is 1.92. The molecule has 0 aliphatic carbocycles. The summed E-state index contributed by atoms with van der Waals surface area (Å²) in [5.74, 6) is -1.56. The number of hydrogen-bond acceptors (Lipinski definition) is 4. The van der Waals surface area contributed by atoms with Crippen LogP contribution in [0.25, 0.3) is 5.69 Å². The third-order valence-electron chi connectivity index (χ3n) is 3.45. The molecule has 0 bridgehead atoms. The van der Waals surface area contributed by atoms with Crippen LogP contribution in [0.1, 0.15) is 13.3 Å². The van der Waals surface area contributed by atoms with Crippen LogP contribution in [0.2, 0.25) is 5.15 Å². The second-order valence-electron chi connectivity index (χ2n) is 5.46. The fourth-order valence-electron chi connectivity index (χ4n) is 2.31. The zero-order chi connectivity index (χ0) is 20.2. The minimum absolute atomic E-state index is 0.0409. The third kappa shape index (κ3) is 6.15. The number of aromatic nitrogens is 3. The van der Waals surface area contributed by atoms with Crippen molar-refractivity contribution in [1.29, 1.82) is 0 Å². The Balaban J connectivity index is 2.13. The minimum Gasteiger partial charge on any atom is -0.619 e. The number of halogens is 4. The average molecular weight is 441 g/mol. The first-order chi connectivity index (χ1) is 12.6. The zero-order valence-corrected chi connectivity index (χ0v) is 16.5. The molecule has 2 aromatic rings. The highest BCUT2D eigenvalue weighted by Gasteiger charge is 2.30. The first-order valence-corrected chi connectivity index (χ1v) is 10.0. The molecular weight excluding hydrogens is 425 g/mol. The van der Waals surface area contributed by atoms with Gasteiger partial charge in [-0.25, -0.2) is 4.68 Å². The minimum atomic E-state index is -4.48. The molecule has 0 spiro atoms. The average Bonchev–Trinajstić information content (AvgIpc) is 2.94. The van der Waals surface area contributed by atoms with Crippen molar-refractivity contribution < 1.29 is 22.1 Å². The van der Waals surface area contributed by atoms with Gasteiger partial charge in [-0.1, -0.05) is 23.8 Å². The number of rotatable bonds is 7. The van der Waals surface area contributed by atoms with Gasteiger partial charge in [-0.15, -0.1) is 0 Å². The summed E-state index contributed by atoms with van der Waals surface area (Å²) in [7, 11) is -2.05. The molecule has 0 aromatic carbocycles. The van der Waals surface area contributed by atoms with Gasteiger partial charge >= 0.3 is 6.18 Å². The van der Waals surface area contributed by atoms with Gasteiger partial charge in [-0.05, 0) is 13.0 Å². The first kappa shape index (κ1) is 21.6. The molecule has 148 valence electrons. The normalized spacial score (nSPS) is 12.8. The van der Waals surface area contributed by atoms with Gasteiger partial charge in [0.15, 0.2) is 11.3 Å². The molecule has 0 N–H and O–H groups in total. The van der Waals surface area contributed by atoms with E-state index in [1.54, 1.807) is 30.2 Å². The highest BCUT2D eigenvalue weighted by atomic mass is 35.5. The predicted molar refractivity (Wildman–Crippen MR) is 102 cm³/mol. The Labute approximate surface area is 166 Å². The Morgan fingerprint density at radius 2 is 2.22 bits per heavy atom. The number of pyridine rings is 1. The molecule has 0 amide bonds. The molecule has 6 nitrogen and oxygen atoms in total. The van der Waals surface area contributed by atoms with E-state index >= 15 is 0 Å². The molecule has 0 aliphatic rings. The van der Waals surface area contributed by atoms with Crippen molar-refractivity contribution >= 4 is 45.3 Å². The standard InChI is InChI=1S/C15H16ClF3N4O2S2/c1-2-22(13(26)5-7-27(25)10-15(17,18)19)12-9-23(20-14(12)16)11-4-3-6-21(24)8-11/h3-4,6,8-9H,2,5,7,10H2,1H3. The van der Waals surface area contributed by atoms with E-state index in [2.05, 4.69) is 5.10 Å². The SMILES string of the molecule is CCN(C(=S)CCS(=O)CC(F)(F)F)c1cn(-c2ccc[n+]([O-])c2)nc1Cl. The summed E-state index contributed by atoms with van der Waals surface area (Å²) in [6.45, 7) is 2.19. The predicted octanol–water partition coefficient (Wildman–Crippen LogP) is 3.01. The molecular formula is C15H16ClF3N4O2S2. The van der Waals surface area contributed by atoms with E-state index in [9.17, 15) is 22.6 Å². The fraction of sp³-hybridized carbons (Fsp3) is 0.400. The van der Waals surface area contributed by atoms with Crippen molar-refractivity contribution in [2.24, 2.45) is 0 Å². The van der Waals surface area contributed by atoms with Crippen molar-refractivity contribution in [1.82, 2.24) is 9.78 Å². The van der Waals surface area contributed by atoms with Gasteiger partial charge in [-0.3, -0.25) is 4.21 Å². The molecule has 1 unspecified atom stereocenters. The van der Waals surface area contributed by atoms with Crippen molar-refractivity contribution in [2.75, 3.05) is 23.0 Å². The van der Waals surface area contributed by atoms with Gasteiger partial charge in [0.2, 0.25) is 6.20 Å². The maximum Gasteiger partial charge on any atom is 0.400 e. The van der Waals surface area contributed by atoms with Crippen LogP contribution >= 0.6 is 23.8 Å². The van der Waals surface area contributed by atoms with Gasteiger partial charge in [0.05, 0.1) is 16.9 Å². The Morgan fingerprint density at radius 3 is 2.81 bits per heavy atom. The van der Waals surface area contributed by atoms with E-state index in [-0.39, 0.29) is 17.3 Å². The molecule has 0 aliphatic heterocycles. The molecule has 0 fully saturated rings. The second-order valence-corrected chi connectivity index (χ2v) is 7.87. The highest BCUT2D eigenvalue weighted by Crippen LogP contribution is 2.27. The van der Waals surface area contributed by atoms with Crippen LogP contribution in [0.3, 0.4) is 0 Å². The maximum absolute atomic E-state index is 12.3. The van der Waals surface area contributed by atoms with Crippen LogP contribution < -0.4 is 9.63 Å². The van der Waals surface area contributed by atoms with Gasteiger partial charge in [0, 0.05) is 35.6 Å². The van der Waals surface area contributed by atoms with E-state index in [1.165, 1.54) is 17.1 Å². The van der Waals surface area contributed by atoms with E-state index in [0.29, 0.717) is 27.6 Å². The lowest BCUT2D eigenvalue weighted by Crippen LogP contribution is -2.31. The Bertz CT molecular complexity index is 845. The molecule has 0 saturated carbocycles. The molecule has 2 aromatic heterocycles. The smallest absolute Gasteiger partial charge is 0.400 e. The number of hydrogen-bond donors (Lipinski definition) is 0. The van der Waals surface area contributed by atoms with Gasteiger partial charge < -0.3 is 10.1 Å². The molecule has 1 atom stereocenters. The van der Waals surface area contributed by atoms with E-state index in [0.717, 1.165) is 0 Å². The van der Waals surface area contributed by atoms with Gasteiger partial charge in [0.1, 0.15) is 11.4 Å². The monoisotopic (exact) mass is 440 g/mol. The summed E-state index contributed by atoms with van der Waals surface area (Å²) >= 11 is 11.5. The van der Waals surface area contributed by atoms with E-state index in [4.69, 9.17) is 23.8 Å². The van der Waals surface area contributed by atoms with Crippen LogP contribution in [-0.4, -0.2) is 43.2 Å². The summed E-state index contributed by atoms with van der Waals surface area (Å²) in [5, 5.41) is 15.7. The van der Waals surface area contributed by atoms with Crippen molar-refractivity contribution in [3.8, 4) is 5.69 Å². The molecule has 2 rings (SSSR count). The number of nitrogens with zero attached hydrogens (tertiary/aromatic N) is 4. The van der Waals surface area contributed by atoms with Crippen molar-refractivity contribution in [3.63, 3.8) is 0 Å². The molecule has 0 saturated heterocycles.